The quantitative estimate of drug-likeness (QED) is 0.803. The summed E-state index contributed by atoms with van der Waals surface area (Å²) in [6.45, 7) is 0. The van der Waals surface area contributed by atoms with E-state index in [9.17, 15) is 14.3 Å². The Balaban J connectivity index is 2.13. The van der Waals surface area contributed by atoms with Crippen LogP contribution in [0.2, 0.25) is 0 Å². The van der Waals surface area contributed by atoms with E-state index in [1.54, 1.807) is 0 Å². The standard InChI is InChI=1S/C11H10FNO2/c12-7-2-1-5-13-8(7)11(9(14)15)6-10(11)3-4-10/h1-2,5H,3-4,6H2,(H,14,15). The third kappa shape index (κ3) is 0.893. The maximum Gasteiger partial charge on any atom is 0.316 e. The van der Waals surface area contributed by atoms with Crippen LogP contribution in [0, 0.1) is 11.2 Å². The minimum absolute atomic E-state index is 0.120. The van der Waals surface area contributed by atoms with E-state index >= 15 is 0 Å². The molecule has 0 aliphatic heterocycles. The van der Waals surface area contributed by atoms with Crippen molar-refractivity contribution >= 4 is 5.97 Å². The van der Waals surface area contributed by atoms with E-state index < -0.39 is 17.2 Å². The van der Waals surface area contributed by atoms with Gasteiger partial charge in [-0.25, -0.2) is 4.39 Å². The second-order valence-electron chi connectivity index (χ2n) is 4.50. The number of aliphatic carboxylic acids is 1. The summed E-state index contributed by atoms with van der Waals surface area (Å²) in [7, 11) is 0. The molecule has 2 saturated carbocycles. The SMILES string of the molecule is O=C(O)C1(c2ncccc2F)CC12CC2. The van der Waals surface area contributed by atoms with Crippen LogP contribution in [-0.2, 0) is 10.2 Å². The van der Waals surface area contributed by atoms with Crippen LogP contribution in [0.15, 0.2) is 18.3 Å². The first-order chi connectivity index (χ1) is 7.12. The molecule has 2 aliphatic rings. The Morgan fingerprint density at radius 3 is 2.73 bits per heavy atom. The average Bonchev–Trinajstić information content (AvgIpc) is 3.08. The van der Waals surface area contributed by atoms with E-state index in [-0.39, 0.29) is 11.1 Å². The van der Waals surface area contributed by atoms with Crippen LogP contribution in [0.1, 0.15) is 25.0 Å². The summed E-state index contributed by atoms with van der Waals surface area (Å²) in [5.74, 6) is -1.43. The second kappa shape index (κ2) is 2.38. The van der Waals surface area contributed by atoms with Gasteiger partial charge in [0.05, 0.1) is 5.69 Å². The van der Waals surface area contributed by atoms with E-state index in [0.29, 0.717) is 6.42 Å². The highest BCUT2D eigenvalue weighted by atomic mass is 19.1. The van der Waals surface area contributed by atoms with Crippen molar-refractivity contribution in [2.75, 3.05) is 0 Å². The molecule has 0 amide bonds. The van der Waals surface area contributed by atoms with E-state index in [0.717, 1.165) is 12.8 Å². The molecule has 1 N–H and O–H groups in total. The summed E-state index contributed by atoms with van der Waals surface area (Å²) in [5, 5.41) is 9.25. The maximum absolute atomic E-state index is 13.5. The largest absolute Gasteiger partial charge is 0.481 e. The van der Waals surface area contributed by atoms with E-state index in [1.807, 2.05) is 0 Å². The Morgan fingerprint density at radius 2 is 2.27 bits per heavy atom. The number of carbonyl (C=O) groups is 1. The molecule has 0 saturated heterocycles. The number of rotatable bonds is 2. The van der Waals surface area contributed by atoms with E-state index in [4.69, 9.17) is 0 Å². The molecule has 4 heteroatoms. The van der Waals surface area contributed by atoms with Gasteiger partial charge in [0.25, 0.3) is 0 Å². The molecule has 2 fully saturated rings. The summed E-state index contributed by atoms with van der Waals surface area (Å²) in [6.07, 6.45) is 3.77. The topological polar surface area (TPSA) is 50.2 Å². The lowest BCUT2D eigenvalue weighted by molar-refractivity contribution is -0.140. The lowest BCUT2D eigenvalue weighted by Crippen LogP contribution is -2.25. The molecule has 1 aromatic heterocycles. The number of carboxylic acids is 1. The molecule has 1 unspecified atom stereocenters. The summed E-state index contributed by atoms with van der Waals surface area (Å²) >= 11 is 0. The molecule has 1 atom stereocenters. The van der Waals surface area contributed by atoms with Crippen molar-refractivity contribution in [2.24, 2.45) is 5.41 Å². The van der Waals surface area contributed by atoms with Gasteiger partial charge in [-0.1, -0.05) is 0 Å². The molecule has 1 aromatic rings. The normalized spacial score (nSPS) is 30.2. The molecule has 3 nitrogen and oxygen atoms in total. The first-order valence-electron chi connectivity index (χ1n) is 4.97. The zero-order chi connectivity index (χ0) is 10.7. The third-order valence-corrected chi connectivity index (χ3v) is 3.77. The van der Waals surface area contributed by atoms with E-state index in [1.165, 1.54) is 18.3 Å². The lowest BCUT2D eigenvalue weighted by Gasteiger charge is -2.11. The number of pyridine rings is 1. The smallest absolute Gasteiger partial charge is 0.316 e. The summed E-state index contributed by atoms with van der Waals surface area (Å²) in [4.78, 5) is 15.2. The Labute approximate surface area is 86.0 Å². The highest BCUT2D eigenvalue weighted by Gasteiger charge is 2.80. The number of aromatic nitrogens is 1. The Morgan fingerprint density at radius 1 is 1.53 bits per heavy atom. The van der Waals surface area contributed by atoms with Gasteiger partial charge >= 0.3 is 5.97 Å². The van der Waals surface area contributed by atoms with Crippen molar-refractivity contribution in [2.45, 2.75) is 24.7 Å². The molecule has 78 valence electrons. The number of halogens is 1. The highest BCUT2D eigenvalue weighted by Crippen LogP contribution is 2.78. The molecule has 15 heavy (non-hydrogen) atoms. The van der Waals surface area contributed by atoms with Gasteiger partial charge < -0.3 is 5.11 Å². The number of carboxylic acid groups (broad SMARTS) is 1. The van der Waals surface area contributed by atoms with Crippen LogP contribution in [0.25, 0.3) is 0 Å². The molecule has 1 heterocycles. The van der Waals surface area contributed by atoms with Gasteiger partial charge in [-0.05, 0) is 36.8 Å². The van der Waals surface area contributed by atoms with Gasteiger partial charge in [0.1, 0.15) is 11.2 Å². The van der Waals surface area contributed by atoms with Crippen molar-refractivity contribution in [1.29, 1.82) is 0 Å². The van der Waals surface area contributed by atoms with Gasteiger partial charge in [-0.15, -0.1) is 0 Å². The zero-order valence-corrected chi connectivity index (χ0v) is 8.03. The van der Waals surface area contributed by atoms with Crippen LogP contribution in [0.4, 0.5) is 4.39 Å². The summed E-state index contributed by atoms with van der Waals surface area (Å²) in [6, 6.07) is 2.76. The van der Waals surface area contributed by atoms with Crippen molar-refractivity contribution < 1.29 is 14.3 Å². The molecular formula is C11H10FNO2. The average molecular weight is 207 g/mol. The Kier molecular flexibility index (Phi) is 1.40. The second-order valence-corrected chi connectivity index (χ2v) is 4.50. The highest BCUT2D eigenvalue weighted by molar-refractivity contribution is 5.87. The fraction of sp³-hybridized carbons (Fsp3) is 0.455. The van der Waals surface area contributed by atoms with Crippen LogP contribution < -0.4 is 0 Å². The Hall–Kier alpha value is -1.45. The van der Waals surface area contributed by atoms with Gasteiger partial charge in [-0.2, -0.15) is 0 Å². The first-order valence-corrected chi connectivity index (χ1v) is 4.97. The number of hydrogen-bond acceptors (Lipinski definition) is 2. The lowest BCUT2D eigenvalue weighted by atomic mass is 9.97. The first kappa shape index (κ1) is 8.83. The monoisotopic (exact) mass is 207 g/mol. The van der Waals surface area contributed by atoms with Gasteiger partial charge in [-0.3, -0.25) is 9.78 Å². The minimum Gasteiger partial charge on any atom is -0.481 e. The maximum atomic E-state index is 13.5. The van der Waals surface area contributed by atoms with Gasteiger partial charge in [0.2, 0.25) is 0 Å². The summed E-state index contributed by atoms with van der Waals surface area (Å²) < 4.78 is 13.5. The van der Waals surface area contributed by atoms with Crippen molar-refractivity contribution in [3.63, 3.8) is 0 Å². The predicted molar refractivity (Wildman–Crippen MR) is 49.8 cm³/mol. The molecular weight excluding hydrogens is 197 g/mol. The van der Waals surface area contributed by atoms with Crippen LogP contribution >= 0.6 is 0 Å². The fourth-order valence-electron chi connectivity index (χ4n) is 2.66. The van der Waals surface area contributed by atoms with Crippen LogP contribution in [0.5, 0.6) is 0 Å². The molecule has 1 spiro atoms. The van der Waals surface area contributed by atoms with Gasteiger partial charge in [0, 0.05) is 6.20 Å². The Bertz CT molecular complexity index is 456. The van der Waals surface area contributed by atoms with E-state index in [2.05, 4.69) is 4.98 Å². The van der Waals surface area contributed by atoms with Gasteiger partial charge in [0.15, 0.2) is 0 Å². The molecule has 0 aromatic carbocycles. The molecule has 0 bridgehead atoms. The molecule has 3 rings (SSSR count). The molecule has 2 aliphatic carbocycles. The zero-order valence-electron chi connectivity index (χ0n) is 8.03. The van der Waals surface area contributed by atoms with Crippen molar-refractivity contribution in [3.05, 3.63) is 29.8 Å². The predicted octanol–water partition coefficient (Wildman–Crippen LogP) is 1.73. The number of nitrogens with zero attached hydrogens (tertiary/aromatic N) is 1. The van der Waals surface area contributed by atoms with Crippen LogP contribution in [-0.4, -0.2) is 16.1 Å². The van der Waals surface area contributed by atoms with Crippen molar-refractivity contribution in [3.8, 4) is 0 Å². The fourth-order valence-corrected chi connectivity index (χ4v) is 2.66. The van der Waals surface area contributed by atoms with Crippen molar-refractivity contribution in [1.82, 2.24) is 4.98 Å². The summed E-state index contributed by atoms with van der Waals surface area (Å²) in [5.41, 5.74) is -1.08. The van der Waals surface area contributed by atoms with Crippen LogP contribution in [0.3, 0.4) is 0 Å². The minimum atomic E-state index is -1.03. The third-order valence-electron chi connectivity index (χ3n) is 3.77. The molecule has 0 radical (unpaired) electrons. The number of hydrogen-bond donors (Lipinski definition) is 1.